The van der Waals surface area contributed by atoms with Crippen molar-refractivity contribution in [3.05, 3.63) is 39.2 Å². The summed E-state index contributed by atoms with van der Waals surface area (Å²) in [5.74, 6) is 0.447. The Bertz CT molecular complexity index is 752. The predicted octanol–water partition coefficient (Wildman–Crippen LogP) is 4.47. The van der Waals surface area contributed by atoms with Crippen LogP contribution in [0.2, 0.25) is 5.02 Å². The van der Waals surface area contributed by atoms with Crippen LogP contribution in [0.3, 0.4) is 0 Å². The van der Waals surface area contributed by atoms with E-state index in [4.69, 9.17) is 20.5 Å². The monoisotopic (exact) mass is 357 g/mol. The summed E-state index contributed by atoms with van der Waals surface area (Å²) >= 11 is 5.91. The molecule has 1 atom stereocenters. The average Bonchev–Trinajstić information content (AvgIpc) is 2.43. The Morgan fingerprint density at radius 3 is 2.43 bits per heavy atom. The second-order valence-corrected chi connectivity index (χ2v) is 7.43. The van der Waals surface area contributed by atoms with Crippen molar-refractivity contribution in [3.63, 3.8) is 0 Å². The number of hydrogen-bond donors (Lipinski definition) is 1. The minimum Gasteiger partial charge on any atom is -0.436 e. The number of aryl methyl sites for hydroxylation is 1. The zero-order chi connectivity index (χ0) is 17.3. The number of hydrogen-bond acceptors (Lipinski definition) is 5. The van der Waals surface area contributed by atoms with Crippen LogP contribution in [0.25, 0.3) is 11.0 Å². The van der Waals surface area contributed by atoms with E-state index in [9.17, 15) is 9.69 Å². The van der Waals surface area contributed by atoms with Gasteiger partial charge in [0.1, 0.15) is 16.4 Å². The summed E-state index contributed by atoms with van der Waals surface area (Å²) in [5.41, 5.74) is 0.478. The van der Waals surface area contributed by atoms with Gasteiger partial charge in [0, 0.05) is 23.5 Å². The summed E-state index contributed by atoms with van der Waals surface area (Å²) in [6.45, 7) is 9.76. The van der Waals surface area contributed by atoms with E-state index in [1.807, 2.05) is 32.4 Å². The van der Waals surface area contributed by atoms with Gasteiger partial charge in [-0.15, -0.1) is 0 Å². The van der Waals surface area contributed by atoms with Gasteiger partial charge in [0.2, 0.25) is 0 Å². The van der Waals surface area contributed by atoms with Gasteiger partial charge in [0.15, 0.2) is 0 Å². The fourth-order valence-electron chi connectivity index (χ4n) is 2.50. The molecule has 1 aromatic carbocycles. The molecule has 2 rings (SSSR count). The van der Waals surface area contributed by atoms with Crippen molar-refractivity contribution < 1.29 is 13.8 Å². The molecule has 23 heavy (non-hydrogen) atoms. The molecular weight excluding hydrogens is 337 g/mol. The topological polar surface area (TPSA) is 62.9 Å². The molecule has 1 N–H and O–H groups in total. The zero-order valence-corrected chi connectivity index (χ0v) is 15.5. The average molecular weight is 358 g/mol. The summed E-state index contributed by atoms with van der Waals surface area (Å²) in [4.78, 5) is 22.1. The van der Waals surface area contributed by atoms with Crippen molar-refractivity contribution in [1.29, 1.82) is 0 Å². The fraction of sp³-hybridized carbons (Fsp3) is 0.438. The summed E-state index contributed by atoms with van der Waals surface area (Å²) in [5, 5.41) is 0.829. The third kappa shape index (κ3) is 3.86. The largest absolute Gasteiger partial charge is 0.436 e. The van der Waals surface area contributed by atoms with E-state index in [0.717, 1.165) is 5.39 Å². The van der Waals surface area contributed by atoms with E-state index in [2.05, 4.69) is 0 Å². The van der Waals surface area contributed by atoms with Gasteiger partial charge in [-0.1, -0.05) is 11.6 Å². The summed E-state index contributed by atoms with van der Waals surface area (Å²) in [6.07, 6.45) is 0. The van der Waals surface area contributed by atoms with Crippen LogP contribution < -0.4 is 10.1 Å². The molecule has 0 amide bonds. The highest BCUT2D eigenvalue weighted by atomic mass is 35.5. The van der Waals surface area contributed by atoms with E-state index in [1.54, 1.807) is 25.1 Å². The molecule has 0 bridgehead atoms. The highest BCUT2D eigenvalue weighted by molar-refractivity contribution is 7.44. The van der Waals surface area contributed by atoms with E-state index in [-0.39, 0.29) is 17.1 Å². The maximum Gasteiger partial charge on any atom is 0.355 e. The molecule has 126 valence electrons. The summed E-state index contributed by atoms with van der Waals surface area (Å²) in [6, 6.07) is 5.39. The normalized spacial score (nSPS) is 13.3. The summed E-state index contributed by atoms with van der Waals surface area (Å²) < 4.78 is 12.8. The highest BCUT2D eigenvalue weighted by Crippen LogP contribution is 2.42. The first kappa shape index (κ1) is 18.2. The van der Waals surface area contributed by atoms with Gasteiger partial charge >= 0.3 is 14.2 Å². The second-order valence-electron chi connectivity index (χ2n) is 5.90. The van der Waals surface area contributed by atoms with Crippen molar-refractivity contribution in [2.75, 3.05) is 0 Å². The lowest BCUT2D eigenvalue weighted by molar-refractivity contribution is 0.263. The lowest BCUT2D eigenvalue weighted by Crippen LogP contribution is -2.33. The molecule has 0 spiro atoms. The van der Waals surface area contributed by atoms with E-state index >= 15 is 0 Å². The maximum atomic E-state index is 11.7. The first-order chi connectivity index (χ1) is 10.7. The van der Waals surface area contributed by atoms with Crippen LogP contribution in [-0.4, -0.2) is 21.6 Å². The molecule has 2 aromatic rings. The predicted molar refractivity (Wildman–Crippen MR) is 94.1 cm³/mol. The molecule has 0 radical (unpaired) electrons. The van der Waals surface area contributed by atoms with Crippen molar-refractivity contribution in [1.82, 2.24) is 4.67 Å². The molecule has 1 unspecified atom stereocenters. The molecule has 1 aromatic heterocycles. The third-order valence-corrected chi connectivity index (χ3v) is 5.64. The van der Waals surface area contributed by atoms with Gasteiger partial charge in [0.05, 0.1) is 0 Å². The van der Waals surface area contributed by atoms with Crippen LogP contribution in [0, 0.1) is 6.92 Å². The third-order valence-electron chi connectivity index (χ3n) is 3.51. The van der Waals surface area contributed by atoms with Gasteiger partial charge in [-0.25, -0.2) is 9.46 Å². The van der Waals surface area contributed by atoms with Gasteiger partial charge < -0.3 is 13.8 Å². The van der Waals surface area contributed by atoms with Crippen molar-refractivity contribution in [3.8, 4) is 5.75 Å². The lowest BCUT2D eigenvalue weighted by atomic mass is 10.1. The van der Waals surface area contributed by atoms with Gasteiger partial charge in [-0.05, 0) is 52.3 Å². The molecular formula is C16H21ClNO4P. The van der Waals surface area contributed by atoms with Gasteiger partial charge in [0.25, 0.3) is 0 Å². The Balaban J connectivity index is 2.34. The lowest BCUT2D eigenvalue weighted by Gasteiger charge is -2.32. The number of benzene rings is 1. The molecule has 0 aliphatic carbocycles. The van der Waals surface area contributed by atoms with Crippen LogP contribution in [-0.2, 0) is 0 Å². The number of halogens is 1. The number of nitrogens with zero attached hydrogens (tertiary/aromatic N) is 1. The van der Waals surface area contributed by atoms with E-state index in [0.29, 0.717) is 16.9 Å². The molecule has 0 aliphatic heterocycles. The molecule has 0 fully saturated rings. The second kappa shape index (κ2) is 7.18. The minimum absolute atomic E-state index is 0.0846. The molecule has 1 heterocycles. The van der Waals surface area contributed by atoms with Crippen LogP contribution >= 0.6 is 20.1 Å². The first-order valence-corrected chi connectivity index (χ1v) is 8.94. The Morgan fingerprint density at radius 2 is 1.87 bits per heavy atom. The molecule has 0 aliphatic rings. The van der Waals surface area contributed by atoms with Gasteiger partial charge in [-0.3, -0.25) is 0 Å². The molecule has 7 heteroatoms. The fourth-order valence-corrected chi connectivity index (χ4v) is 3.83. The number of rotatable bonds is 5. The first-order valence-electron chi connectivity index (χ1n) is 7.40. The van der Waals surface area contributed by atoms with Crippen molar-refractivity contribution in [2.24, 2.45) is 0 Å². The maximum absolute atomic E-state index is 11.7. The summed E-state index contributed by atoms with van der Waals surface area (Å²) in [7, 11) is -1.79. The van der Waals surface area contributed by atoms with Crippen LogP contribution in [0.1, 0.15) is 33.3 Å². The Morgan fingerprint density at radius 1 is 1.26 bits per heavy atom. The minimum atomic E-state index is -1.79. The zero-order valence-electron chi connectivity index (χ0n) is 13.8. The molecule has 0 saturated carbocycles. The van der Waals surface area contributed by atoms with Gasteiger partial charge in [-0.2, -0.15) is 0 Å². The quantitative estimate of drug-likeness (QED) is 0.631. The Hall–Kier alpha value is -1.13. The highest BCUT2D eigenvalue weighted by Gasteiger charge is 2.25. The van der Waals surface area contributed by atoms with E-state index < -0.39 is 14.2 Å². The van der Waals surface area contributed by atoms with Crippen LogP contribution in [0.5, 0.6) is 5.75 Å². The Labute approximate surface area is 141 Å². The van der Waals surface area contributed by atoms with E-state index in [1.165, 1.54) is 0 Å². The molecule has 5 nitrogen and oxygen atoms in total. The Kier molecular flexibility index (Phi) is 5.69. The smallest absolute Gasteiger partial charge is 0.355 e. The number of fused-ring (bicyclic) bond motifs is 1. The standard InChI is InChI=1S/C16H21ClNO4P/c1-9(2)18(10(3)4)23(20)22-12-6-7-13-11(5)15(17)16(19)21-14(13)8-12/h6-10,20H,1-5H3. The SMILES string of the molecule is Cc1c(Cl)c(=O)oc2cc(OP(O)N(C(C)C)C(C)C)ccc12. The van der Waals surface area contributed by atoms with Crippen molar-refractivity contribution in [2.45, 2.75) is 46.7 Å². The van der Waals surface area contributed by atoms with Crippen LogP contribution in [0.15, 0.2) is 27.4 Å². The van der Waals surface area contributed by atoms with Crippen LogP contribution in [0.4, 0.5) is 0 Å². The molecule has 0 saturated heterocycles. The van der Waals surface area contributed by atoms with Crippen molar-refractivity contribution >= 4 is 31.1 Å².